The number of benzene rings is 1. The summed E-state index contributed by atoms with van der Waals surface area (Å²) < 4.78 is 4.92. The molecule has 90 valence electrons. The summed E-state index contributed by atoms with van der Waals surface area (Å²) in [5.74, 6) is -0.651. The minimum absolute atomic E-state index is 0.0317. The number of carbonyl (C=O) groups is 1. The van der Waals surface area contributed by atoms with Gasteiger partial charge in [-0.05, 0) is 17.7 Å². The molecule has 0 bridgehead atoms. The standard InChI is InChI=1S/C11H11NO5/c1-8(12(15)16)6-9-2-4-10(5-3-9)17-7-11(13)14/h2-6H,7H2,1H3,(H,13,14). The Hall–Kier alpha value is -2.37. The van der Waals surface area contributed by atoms with Gasteiger partial charge in [0.2, 0.25) is 5.70 Å². The first kappa shape index (κ1) is 12.7. The van der Waals surface area contributed by atoms with Gasteiger partial charge in [-0.2, -0.15) is 0 Å². The van der Waals surface area contributed by atoms with E-state index in [1.54, 1.807) is 24.3 Å². The second-order valence-corrected chi connectivity index (χ2v) is 3.29. The Morgan fingerprint density at radius 3 is 2.53 bits per heavy atom. The van der Waals surface area contributed by atoms with Crippen molar-refractivity contribution >= 4 is 12.0 Å². The van der Waals surface area contributed by atoms with E-state index in [2.05, 4.69) is 0 Å². The van der Waals surface area contributed by atoms with E-state index in [9.17, 15) is 14.9 Å². The van der Waals surface area contributed by atoms with Crippen molar-refractivity contribution in [1.82, 2.24) is 0 Å². The van der Waals surface area contributed by atoms with Crippen LogP contribution in [0.2, 0.25) is 0 Å². The monoisotopic (exact) mass is 237 g/mol. The molecule has 17 heavy (non-hydrogen) atoms. The highest BCUT2D eigenvalue weighted by atomic mass is 16.6. The normalized spacial score (nSPS) is 11.0. The summed E-state index contributed by atoms with van der Waals surface area (Å²) in [6.45, 7) is 0.984. The minimum Gasteiger partial charge on any atom is -0.482 e. The number of carboxylic acids is 1. The quantitative estimate of drug-likeness (QED) is 0.622. The zero-order chi connectivity index (χ0) is 12.8. The molecule has 6 nitrogen and oxygen atoms in total. The summed E-state index contributed by atoms with van der Waals surface area (Å²) in [4.78, 5) is 20.2. The van der Waals surface area contributed by atoms with Gasteiger partial charge >= 0.3 is 5.97 Å². The lowest BCUT2D eigenvalue weighted by atomic mass is 10.2. The van der Waals surface area contributed by atoms with Gasteiger partial charge in [-0.1, -0.05) is 12.1 Å². The average Bonchev–Trinajstić information content (AvgIpc) is 2.28. The highest BCUT2D eigenvalue weighted by molar-refractivity contribution is 5.68. The van der Waals surface area contributed by atoms with E-state index in [0.29, 0.717) is 11.3 Å². The zero-order valence-electron chi connectivity index (χ0n) is 9.12. The number of hydrogen-bond donors (Lipinski definition) is 1. The fourth-order valence-corrected chi connectivity index (χ4v) is 1.10. The number of nitro groups is 1. The van der Waals surface area contributed by atoms with Gasteiger partial charge in [0.1, 0.15) is 5.75 Å². The molecule has 1 aromatic carbocycles. The fourth-order valence-electron chi connectivity index (χ4n) is 1.10. The molecule has 0 heterocycles. The summed E-state index contributed by atoms with van der Waals surface area (Å²) in [6, 6.07) is 6.35. The number of ether oxygens (including phenoxy) is 1. The van der Waals surface area contributed by atoms with Gasteiger partial charge in [0.05, 0.1) is 4.92 Å². The summed E-state index contributed by atoms with van der Waals surface area (Å²) >= 11 is 0. The zero-order valence-corrected chi connectivity index (χ0v) is 9.12. The first-order chi connectivity index (χ1) is 7.99. The fraction of sp³-hybridized carbons (Fsp3) is 0.182. The van der Waals surface area contributed by atoms with Crippen LogP contribution < -0.4 is 4.74 Å². The number of carboxylic acid groups (broad SMARTS) is 1. The lowest BCUT2D eigenvalue weighted by molar-refractivity contribution is -0.422. The third-order valence-corrected chi connectivity index (χ3v) is 1.91. The summed E-state index contributed by atoms with van der Waals surface area (Å²) in [7, 11) is 0. The van der Waals surface area contributed by atoms with E-state index in [0.717, 1.165) is 0 Å². The molecule has 1 N–H and O–H groups in total. The Morgan fingerprint density at radius 2 is 2.06 bits per heavy atom. The van der Waals surface area contributed by atoms with Crippen molar-refractivity contribution in [2.45, 2.75) is 6.92 Å². The van der Waals surface area contributed by atoms with Gasteiger partial charge < -0.3 is 9.84 Å². The van der Waals surface area contributed by atoms with Crippen molar-refractivity contribution in [3.8, 4) is 5.75 Å². The van der Waals surface area contributed by atoms with Gasteiger partial charge in [-0.15, -0.1) is 0 Å². The molecule has 0 radical (unpaired) electrons. The number of aliphatic carboxylic acids is 1. The maximum Gasteiger partial charge on any atom is 0.341 e. The molecular formula is C11H11NO5. The molecule has 1 aromatic rings. The molecule has 0 amide bonds. The van der Waals surface area contributed by atoms with Crippen LogP contribution in [0.15, 0.2) is 30.0 Å². The number of hydrogen-bond acceptors (Lipinski definition) is 4. The second kappa shape index (κ2) is 5.64. The van der Waals surface area contributed by atoms with E-state index < -0.39 is 17.5 Å². The van der Waals surface area contributed by atoms with Crippen LogP contribution in [0.4, 0.5) is 0 Å². The van der Waals surface area contributed by atoms with E-state index in [-0.39, 0.29) is 5.70 Å². The molecule has 0 saturated heterocycles. The highest BCUT2D eigenvalue weighted by Gasteiger charge is 2.02. The van der Waals surface area contributed by atoms with Crippen LogP contribution in [0.5, 0.6) is 5.75 Å². The summed E-state index contributed by atoms with van der Waals surface area (Å²) in [5.41, 5.74) is 0.686. The molecule has 0 aliphatic carbocycles. The highest BCUT2D eigenvalue weighted by Crippen LogP contribution is 2.14. The van der Waals surface area contributed by atoms with Gasteiger partial charge in [0, 0.05) is 13.0 Å². The Bertz CT molecular complexity index is 449. The van der Waals surface area contributed by atoms with Crippen LogP contribution in [-0.2, 0) is 4.79 Å². The Kier molecular flexibility index (Phi) is 4.21. The maximum absolute atomic E-state index is 10.4. The molecule has 0 unspecified atom stereocenters. The van der Waals surface area contributed by atoms with Crippen LogP contribution in [0.3, 0.4) is 0 Å². The van der Waals surface area contributed by atoms with Crippen molar-refractivity contribution in [2.24, 2.45) is 0 Å². The van der Waals surface area contributed by atoms with Gasteiger partial charge in [-0.3, -0.25) is 10.1 Å². The summed E-state index contributed by atoms with van der Waals surface area (Å²) in [5, 5.41) is 18.8. The van der Waals surface area contributed by atoms with Crippen LogP contribution in [0, 0.1) is 10.1 Å². The maximum atomic E-state index is 10.4. The lowest BCUT2D eigenvalue weighted by Crippen LogP contribution is -2.09. The first-order valence-corrected chi connectivity index (χ1v) is 4.76. The Morgan fingerprint density at radius 1 is 1.47 bits per heavy atom. The van der Waals surface area contributed by atoms with Crippen molar-refractivity contribution < 1.29 is 19.6 Å². The van der Waals surface area contributed by atoms with Crippen LogP contribution in [-0.4, -0.2) is 22.6 Å². The van der Waals surface area contributed by atoms with Crippen molar-refractivity contribution in [3.05, 3.63) is 45.6 Å². The van der Waals surface area contributed by atoms with Gasteiger partial charge in [-0.25, -0.2) is 4.79 Å². The van der Waals surface area contributed by atoms with Crippen molar-refractivity contribution in [3.63, 3.8) is 0 Å². The van der Waals surface area contributed by atoms with E-state index in [4.69, 9.17) is 9.84 Å². The van der Waals surface area contributed by atoms with Gasteiger partial charge in [0.25, 0.3) is 0 Å². The van der Waals surface area contributed by atoms with Crippen molar-refractivity contribution in [2.75, 3.05) is 6.61 Å². The molecule has 0 aliphatic rings. The molecular weight excluding hydrogens is 226 g/mol. The Labute approximate surface area is 97.3 Å². The predicted molar refractivity (Wildman–Crippen MR) is 60.2 cm³/mol. The minimum atomic E-state index is -1.06. The Balaban J connectivity index is 2.71. The molecule has 1 rings (SSSR count). The summed E-state index contributed by atoms with van der Waals surface area (Å²) in [6.07, 6.45) is 1.42. The van der Waals surface area contributed by atoms with Crippen molar-refractivity contribution in [1.29, 1.82) is 0 Å². The van der Waals surface area contributed by atoms with Crippen LogP contribution in [0.25, 0.3) is 6.08 Å². The largest absolute Gasteiger partial charge is 0.482 e. The van der Waals surface area contributed by atoms with Crippen LogP contribution in [0.1, 0.15) is 12.5 Å². The molecule has 0 fully saturated rings. The average molecular weight is 237 g/mol. The second-order valence-electron chi connectivity index (χ2n) is 3.29. The predicted octanol–water partition coefficient (Wildman–Crippen LogP) is 1.79. The molecule has 0 aromatic heterocycles. The number of rotatable bonds is 5. The SMILES string of the molecule is CC(=Cc1ccc(OCC(=O)O)cc1)[N+](=O)[O-]. The molecule has 6 heteroatoms. The molecule has 0 atom stereocenters. The van der Waals surface area contributed by atoms with Crippen LogP contribution >= 0.6 is 0 Å². The van der Waals surface area contributed by atoms with E-state index in [1.165, 1.54) is 13.0 Å². The molecule has 0 spiro atoms. The van der Waals surface area contributed by atoms with E-state index >= 15 is 0 Å². The third-order valence-electron chi connectivity index (χ3n) is 1.91. The number of nitrogens with zero attached hydrogens (tertiary/aromatic N) is 1. The third kappa shape index (κ3) is 4.33. The van der Waals surface area contributed by atoms with E-state index in [1.807, 2.05) is 0 Å². The molecule has 0 saturated carbocycles. The van der Waals surface area contributed by atoms with Gasteiger partial charge in [0.15, 0.2) is 6.61 Å². The first-order valence-electron chi connectivity index (χ1n) is 4.76. The topological polar surface area (TPSA) is 89.7 Å². The smallest absolute Gasteiger partial charge is 0.341 e. The number of allylic oxidation sites excluding steroid dienone is 1. The lowest BCUT2D eigenvalue weighted by Gasteiger charge is -2.02. The molecule has 0 aliphatic heterocycles.